The van der Waals surface area contributed by atoms with E-state index in [1.165, 1.54) is 35.3 Å². The van der Waals surface area contributed by atoms with E-state index in [0.29, 0.717) is 28.5 Å². The standard InChI is InChI=1S/C16H16N2O3.C9H13BO5.C7H5IN2.2C2H6/c1-19-10-21-15-6-5-12(8-16(15)20-2)11-3-4-13-9-17-18-14(13)7-11;1-13-6-15-8-4-3-7(10(11)12)5-9(8)14-2;8-6-2-1-5-4-9-10-7(5)3-6;2*1-2/h3-9H,10H2,1-2H3,(H,17,18);3-5,11-12H,6H2,1-2H3;1-4H,(H,9,10);2*1-2H3. The van der Waals surface area contributed by atoms with E-state index in [9.17, 15) is 0 Å². The number of benzene rings is 4. The first-order chi connectivity index (χ1) is 24.4. The number of halogens is 1. The zero-order chi connectivity index (χ0) is 36.9. The van der Waals surface area contributed by atoms with Crippen molar-refractivity contribution in [1.29, 1.82) is 0 Å². The van der Waals surface area contributed by atoms with Crippen LogP contribution >= 0.6 is 22.6 Å². The maximum atomic E-state index is 8.95. The summed E-state index contributed by atoms with van der Waals surface area (Å²) in [6.07, 6.45) is 3.63. The summed E-state index contributed by atoms with van der Waals surface area (Å²) < 4.78 is 32.0. The molecule has 0 saturated carbocycles. The van der Waals surface area contributed by atoms with Crippen molar-refractivity contribution in [2.24, 2.45) is 0 Å². The van der Waals surface area contributed by atoms with Crippen LogP contribution in [0.4, 0.5) is 0 Å². The molecule has 0 amide bonds. The summed E-state index contributed by atoms with van der Waals surface area (Å²) in [4.78, 5) is 0. The normalized spacial score (nSPS) is 9.82. The summed E-state index contributed by atoms with van der Waals surface area (Å²) in [7, 11) is 4.67. The minimum absolute atomic E-state index is 0.109. The molecule has 0 fully saturated rings. The predicted molar refractivity (Wildman–Crippen MR) is 207 cm³/mol. The van der Waals surface area contributed by atoms with Gasteiger partial charge in [0.1, 0.15) is 0 Å². The smallest absolute Gasteiger partial charge is 0.488 e. The second-order valence-corrected chi connectivity index (χ2v) is 10.8. The average molecular weight is 801 g/mol. The molecular weight excluding hydrogens is 754 g/mol. The van der Waals surface area contributed by atoms with Gasteiger partial charge in [0.05, 0.1) is 37.6 Å². The summed E-state index contributed by atoms with van der Waals surface area (Å²) in [5.74, 6) is 2.25. The Morgan fingerprint density at radius 2 is 1.08 bits per heavy atom. The van der Waals surface area contributed by atoms with Crippen LogP contribution in [-0.2, 0) is 9.47 Å². The first-order valence-electron chi connectivity index (χ1n) is 15.8. The van der Waals surface area contributed by atoms with Crippen molar-refractivity contribution in [2.45, 2.75) is 27.7 Å². The number of fused-ring (bicyclic) bond motifs is 2. The van der Waals surface area contributed by atoms with Crippen molar-refractivity contribution in [3.63, 3.8) is 0 Å². The first-order valence-corrected chi connectivity index (χ1v) is 16.9. The second kappa shape index (κ2) is 23.1. The molecule has 50 heavy (non-hydrogen) atoms. The SMILES string of the molecule is CC.CC.COCOc1ccc(-c2ccc3cn[nH]c3c2)cc1OC.COCOc1ccc(B(O)O)cc1OC.Ic1ccc2cn[nH]c2c1. The van der Waals surface area contributed by atoms with E-state index >= 15 is 0 Å². The van der Waals surface area contributed by atoms with Gasteiger partial charge >= 0.3 is 7.12 Å². The number of aromatic nitrogens is 4. The summed E-state index contributed by atoms with van der Waals surface area (Å²) in [6.45, 7) is 8.30. The van der Waals surface area contributed by atoms with Crippen molar-refractivity contribution >= 4 is 57.0 Å². The van der Waals surface area contributed by atoms with E-state index in [-0.39, 0.29) is 13.6 Å². The van der Waals surface area contributed by atoms with Gasteiger partial charge in [0, 0.05) is 28.6 Å². The van der Waals surface area contributed by atoms with Crippen LogP contribution in [0.1, 0.15) is 27.7 Å². The van der Waals surface area contributed by atoms with E-state index < -0.39 is 7.12 Å². The molecule has 6 rings (SSSR count). The quantitative estimate of drug-likeness (QED) is 0.0662. The maximum Gasteiger partial charge on any atom is 0.488 e. The topological polar surface area (TPSA) is 153 Å². The van der Waals surface area contributed by atoms with Crippen molar-refractivity contribution in [1.82, 2.24) is 20.4 Å². The number of H-pyrrole nitrogens is 2. The van der Waals surface area contributed by atoms with Crippen LogP contribution in [-0.4, -0.2) is 79.6 Å². The number of nitrogens with one attached hydrogen (secondary N) is 2. The maximum absolute atomic E-state index is 8.95. The molecule has 0 atom stereocenters. The Bertz CT molecular complexity index is 1830. The van der Waals surface area contributed by atoms with Gasteiger partial charge in [-0.3, -0.25) is 10.2 Å². The average Bonchev–Trinajstić information content (AvgIpc) is 3.84. The van der Waals surface area contributed by atoms with Gasteiger partial charge in [0.25, 0.3) is 0 Å². The second-order valence-electron chi connectivity index (χ2n) is 9.52. The van der Waals surface area contributed by atoms with E-state index in [1.807, 2.05) is 58.2 Å². The lowest BCUT2D eigenvalue weighted by molar-refractivity contribution is 0.0490. The zero-order valence-corrected chi connectivity index (χ0v) is 31.8. The molecule has 0 aliphatic carbocycles. The van der Waals surface area contributed by atoms with E-state index in [0.717, 1.165) is 27.5 Å². The molecule has 4 N–H and O–H groups in total. The molecule has 0 aliphatic rings. The van der Waals surface area contributed by atoms with Crippen LogP contribution in [0.25, 0.3) is 32.9 Å². The molecule has 2 heterocycles. The first kappa shape index (κ1) is 41.8. The summed E-state index contributed by atoms with van der Waals surface area (Å²) in [5.41, 5.74) is 4.59. The third-order valence-corrected chi connectivity index (χ3v) is 7.16. The van der Waals surface area contributed by atoms with Crippen LogP contribution in [0.3, 0.4) is 0 Å². The molecule has 0 radical (unpaired) electrons. The lowest BCUT2D eigenvalue weighted by Gasteiger charge is -2.11. The van der Waals surface area contributed by atoms with Gasteiger partial charge in [-0.15, -0.1) is 0 Å². The molecule has 6 aromatic rings. The number of hydrogen-bond acceptors (Lipinski definition) is 10. The van der Waals surface area contributed by atoms with Gasteiger partial charge in [-0.1, -0.05) is 58.0 Å². The molecule has 4 aromatic carbocycles. The van der Waals surface area contributed by atoms with Gasteiger partial charge in [0.15, 0.2) is 36.6 Å². The largest absolute Gasteiger partial charge is 0.493 e. The highest BCUT2D eigenvalue weighted by Crippen LogP contribution is 2.33. The Kier molecular flexibility index (Phi) is 19.3. The molecule has 0 bridgehead atoms. The van der Waals surface area contributed by atoms with Crippen LogP contribution in [0, 0.1) is 3.57 Å². The van der Waals surface area contributed by atoms with Crippen LogP contribution in [0.2, 0.25) is 0 Å². The van der Waals surface area contributed by atoms with Crippen molar-refractivity contribution < 1.29 is 38.5 Å². The number of methoxy groups -OCH3 is 4. The predicted octanol–water partition coefficient (Wildman–Crippen LogP) is 6.80. The molecule has 268 valence electrons. The number of rotatable bonds is 10. The minimum atomic E-state index is -1.52. The molecule has 2 aromatic heterocycles. The monoisotopic (exact) mass is 800 g/mol. The van der Waals surface area contributed by atoms with Gasteiger partial charge < -0.3 is 38.5 Å². The Morgan fingerprint density at radius 1 is 0.600 bits per heavy atom. The van der Waals surface area contributed by atoms with Crippen molar-refractivity contribution in [2.75, 3.05) is 42.0 Å². The van der Waals surface area contributed by atoms with Crippen molar-refractivity contribution in [3.8, 4) is 34.1 Å². The number of aromatic amines is 2. The van der Waals surface area contributed by atoms with Crippen molar-refractivity contribution in [3.05, 3.63) is 88.8 Å². The van der Waals surface area contributed by atoms with Gasteiger partial charge in [0.2, 0.25) is 0 Å². The highest BCUT2D eigenvalue weighted by molar-refractivity contribution is 14.1. The Morgan fingerprint density at radius 3 is 1.62 bits per heavy atom. The van der Waals surface area contributed by atoms with E-state index in [4.69, 9.17) is 38.5 Å². The Labute approximate surface area is 307 Å². The minimum Gasteiger partial charge on any atom is -0.493 e. The Balaban J connectivity index is 0.000000262. The third kappa shape index (κ3) is 12.5. The highest BCUT2D eigenvalue weighted by Gasteiger charge is 2.14. The van der Waals surface area contributed by atoms with E-state index in [1.54, 1.807) is 26.5 Å². The fourth-order valence-corrected chi connectivity index (χ4v) is 4.69. The molecule has 14 heteroatoms. The molecule has 0 spiro atoms. The number of nitrogens with zero attached hydrogens (tertiary/aromatic N) is 2. The fourth-order valence-electron chi connectivity index (χ4n) is 4.20. The molecular formula is C36H46BIN4O8. The lowest BCUT2D eigenvalue weighted by Crippen LogP contribution is -2.29. The summed E-state index contributed by atoms with van der Waals surface area (Å²) in [6, 6.07) is 22.8. The third-order valence-electron chi connectivity index (χ3n) is 6.49. The van der Waals surface area contributed by atoms with Gasteiger partial charge in [-0.05, 0) is 81.6 Å². The Hall–Kier alpha value is -4.35. The number of hydrogen-bond donors (Lipinski definition) is 4. The van der Waals surface area contributed by atoms with Crippen LogP contribution < -0.4 is 24.4 Å². The van der Waals surface area contributed by atoms with E-state index in [2.05, 4.69) is 73.3 Å². The summed E-state index contributed by atoms with van der Waals surface area (Å²) in [5, 5.41) is 34.0. The number of ether oxygens (including phenoxy) is 6. The molecule has 0 unspecified atom stereocenters. The van der Waals surface area contributed by atoms with Crippen LogP contribution in [0.15, 0.2) is 85.2 Å². The molecule has 0 aliphatic heterocycles. The zero-order valence-electron chi connectivity index (χ0n) is 29.7. The van der Waals surface area contributed by atoms with Gasteiger partial charge in [-0.25, -0.2) is 0 Å². The fraction of sp³-hybridized carbons (Fsp3) is 0.278. The molecule has 12 nitrogen and oxygen atoms in total. The molecule has 0 saturated heterocycles. The van der Waals surface area contributed by atoms with Gasteiger partial charge in [-0.2, -0.15) is 10.2 Å². The summed E-state index contributed by atoms with van der Waals surface area (Å²) >= 11 is 2.28. The lowest BCUT2D eigenvalue weighted by atomic mass is 9.80. The van der Waals surface area contributed by atoms with Crippen LogP contribution in [0.5, 0.6) is 23.0 Å². The highest BCUT2D eigenvalue weighted by atomic mass is 127.